The van der Waals surface area contributed by atoms with Crippen molar-refractivity contribution < 1.29 is 5.11 Å². The Labute approximate surface area is 230 Å². The third-order valence-electron chi connectivity index (χ3n) is 9.72. The lowest BCUT2D eigenvalue weighted by Gasteiger charge is -2.36. The van der Waals surface area contributed by atoms with E-state index in [9.17, 15) is 9.90 Å². The van der Waals surface area contributed by atoms with Crippen LogP contribution < -0.4 is 10.9 Å². The topological polar surface area (TPSA) is 86.5 Å². The minimum atomic E-state index is -0.268. The molecule has 4 fully saturated rings. The molecule has 2 aliphatic carbocycles. The van der Waals surface area contributed by atoms with Crippen molar-refractivity contribution in [3.8, 4) is 0 Å². The number of likely N-dealkylation sites (tertiary alicyclic amines) is 2. The zero-order chi connectivity index (χ0) is 26.3. The van der Waals surface area contributed by atoms with Crippen LogP contribution in [0.1, 0.15) is 75.8 Å². The molecule has 208 valence electrons. The molecule has 0 spiro atoms. The molecule has 4 aliphatic rings. The normalized spacial score (nSPS) is 25.6. The largest absolute Gasteiger partial charge is 0.393 e. The molecule has 2 N–H and O–H groups in total. The zero-order valence-corrected chi connectivity index (χ0v) is 23.0. The lowest BCUT2D eigenvalue weighted by atomic mass is 9.92. The molecule has 0 bridgehead atoms. The third kappa shape index (κ3) is 5.31. The van der Waals surface area contributed by atoms with Gasteiger partial charge in [-0.05, 0) is 113 Å². The Morgan fingerprint density at radius 3 is 2.38 bits per heavy atom. The van der Waals surface area contributed by atoms with Crippen molar-refractivity contribution >= 4 is 27.8 Å². The molecule has 1 aromatic carbocycles. The lowest BCUT2D eigenvalue weighted by Crippen LogP contribution is -2.43. The van der Waals surface area contributed by atoms with Gasteiger partial charge in [-0.2, -0.15) is 4.98 Å². The molecule has 0 unspecified atom stereocenters. The summed E-state index contributed by atoms with van der Waals surface area (Å²) in [5.74, 6) is 1.32. The van der Waals surface area contributed by atoms with Gasteiger partial charge in [0.15, 0.2) is 0 Å². The average Bonchev–Trinajstić information content (AvgIpc) is 3.64. The van der Waals surface area contributed by atoms with E-state index in [0.717, 1.165) is 79.7 Å². The first-order valence-electron chi connectivity index (χ1n) is 15.3. The summed E-state index contributed by atoms with van der Waals surface area (Å²) in [5, 5.41) is 16.2. The predicted octanol–water partition coefficient (Wildman–Crippen LogP) is 4.30. The monoisotopic (exact) mass is 530 g/mol. The highest BCUT2D eigenvalue weighted by Crippen LogP contribution is 2.33. The number of aliphatic hydroxyl groups is 1. The molecule has 0 radical (unpaired) electrons. The Bertz CT molecular complexity index is 1380. The number of aromatic nitrogens is 3. The molecular weight excluding hydrogens is 488 g/mol. The summed E-state index contributed by atoms with van der Waals surface area (Å²) in [6.45, 7) is 6.56. The van der Waals surface area contributed by atoms with Crippen LogP contribution >= 0.6 is 0 Å². The minimum absolute atomic E-state index is 0.0420. The Kier molecular flexibility index (Phi) is 7.03. The Morgan fingerprint density at radius 1 is 0.872 bits per heavy atom. The molecule has 7 rings (SSSR count). The molecule has 2 aromatic heterocycles. The molecular formula is C31H42N6O2. The highest BCUT2D eigenvalue weighted by atomic mass is 16.3. The van der Waals surface area contributed by atoms with Crippen molar-refractivity contribution in [2.24, 2.45) is 5.92 Å². The Balaban J connectivity index is 1.19. The van der Waals surface area contributed by atoms with Crippen molar-refractivity contribution in [1.29, 1.82) is 0 Å². The highest BCUT2D eigenvalue weighted by molar-refractivity contribution is 6.04. The first kappa shape index (κ1) is 25.4. The number of hydrogen-bond donors (Lipinski definition) is 2. The molecule has 39 heavy (non-hydrogen) atoms. The fraction of sp³-hybridized carbons (Fsp3) is 0.645. The van der Waals surface area contributed by atoms with Crippen molar-refractivity contribution in [2.75, 3.05) is 38.0 Å². The summed E-state index contributed by atoms with van der Waals surface area (Å²) < 4.78 is 1.93. The van der Waals surface area contributed by atoms with Crippen molar-refractivity contribution in [1.82, 2.24) is 24.3 Å². The summed E-state index contributed by atoms with van der Waals surface area (Å²) in [4.78, 5) is 28.9. The van der Waals surface area contributed by atoms with E-state index < -0.39 is 0 Å². The van der Waals surface area contributed by atoms with E-state index in [1.807, 2.05) is 10.8 Å². The van der Waals surface area contributed by atoms with Gasteiger partial charge >= 0.3 is 0 Å². The van der Waals surface area contributed by atoms with Gasteiger partial charge < -0.3 is 15.3 Å². The van der Waals surface area contributed by atoms with Crippen LogP contribution in [0, 0.1) is 5.92 Å². The van der Waals surface area contributed by atoms with E-state index in [-0.39, 0.29) is 17.7 Å². The van der Waals surface area contributed by atoms with E-state index in [2.05, 4.69) is 38.3 Å². The number of benzene rings is 1. The molecule has 0 atom stereocenters. The average molecular weight is 531 g/mol. The predicted molar refractivity (Wildman–Crippen MR) is 155 cm³/mol. The first-order chi connectivity index (χ1) is 19.1. The van der Waals surface area contributed by atoms with Gasteiger partial charge in [-0.1, -0.05) is 12.1 Å². The Morgan fingerprint density at radius 2 is 1.64 bits per heavy atom. The van der Waals surface area contributed by atoms with Gasteiger partial charge in [-0.3, -0.25) is 14.3 Å². The number of fused-ring (bicyclic) bond motifs is 3. The van der Waals surface area contributed by atoms with Gasteiger partial charge in [0.1, 0.15) is 5.65 Å². The fourth-order valence-corrected chi connectivity index (χ4v) is 7.18. The van der Waals surface area contributed by atoms with Gasteiger partial charge in [0, 0.05) is 42.1 Å². The van der Waals surface area contributed by atoms with Gasteiger partial charge in [0.2, 0.25) is 5.95 Å². The van der Waals surface area contributed by atoms with Gasteiger partial charge in [-0.25, -0.2) is 4.98 Å². The van der Waals surface area contributed by atoms with Crippen molar-refractivity contribution in [3.05, 3.63) is 40.3 Å². The molecule has 2 saturated heterocycles. The first-order valence-corrected chi connectivity index (χ1v) is 15.3. The maximum Gasteiger partial charge on any atom is 0.260 e. The SMILES string of the molecule is O=c1c2cc(CN3CCC(N4CCCC4)CC3)ccc2c2cnc(NCC3CC3)nc2n1C1CCC(O)CC1. The fourth-order valence-electron chi connectivity index (χ4n) is 7.18. The van der Waals surface area contributed by atoms with Crippen molar-refractivity contribution in [3.63, 3.8) is 0 Å². The number of pyridine rings is 1. The van der Waals surface area contributed by atoms with Crippen LogP contribution in [0.25, 0.3) is 21.8 Å². The number of rotatable bonds is 7. The second-order valence-corrected chi connectivity index (χ2v) is 12.5. The maximum absolute atomic E-state index is 14.1. The molecule has 2 aliphatic heterocycles. The summed E-state index contributed by atoms with van der Waals surface area (Å²) in [5.41, 5.74) is 1.96. The van der Waals surface area contributed by atoms with Crippen LogP contribution in [0.5, 0.6) is 0 Å². The number of nitrogens with one attached hydrogen (secondary N) is 1. The number of aliphatic hydroxyl groups excluding tert-OH is 1. The zero-order valence-electron chi connectivity index (χ0n) is 23.0. The number of nitrogens with zero attached hydrogens (tertiary/aromatic N) is 5. The quantitative estimate of drug-likeness (QED) is 0.441. The number of hydrogen-bond acceptors (Lipinski definition) is 7. The van der Waals surface area contributed by atoms with E-state index in [1.54, 1.807) is 0 Å². The molecule has 3 aromatic rings. The molecule has 0 amide bonds. The van der Waals surface area contributed by atoms with E-state index in [4.69, 9.17) is 4.98 Å². The molecule has 8 heteroatoms. The van der Waals surface area contributed by atoms with Gasteiger partial charge in [-0.15, -0.1) is 0 Å². The Hall–Kier alpha value is -2.55. The summed E-state index contributed by atoms with van der Waals surface area (Å²) >= 11 is 0. The second-order valence-electron chi connectivity index (χ2n) is 12.5. The van der Waals surface area contributed by atoms with Crippen LogP contribution in [0.3, 0.4) is 0 Å². The van der Waals surface area contributed by atoms with Crippen LogP contribution in [0.15, 0.2) is 29.2 Å². The molecule has 4 heterocycles. The van der Waals surface area contributed by atoms with Crippen LogP contribution in [0.4, 0.5) is 5.95 Å². The van der Waals surface area contributed by atoms with E-state index in [1.165, 1.54) is 57.2 Å². The highest BCUT2D eigenvalue weighted by Gasteiger charge is 2.28. The minimum Gasteiger partial charge on any atom is -0.393 e. The van der Waals surface area contributed by atoms with E-state index >= 15 is 0 Å². The van der Waals surface area contributed by atoms with Gasteiger partial charge in [0.25, 0.3) is 5.56 Å². The van der Waals surface area contributed by atoms with Crippen LogP contribution in [-0.2, 0) is 6.54 Å². The van der Waals surface area contributed by atoms with Gasteiger partial charge in [0.05, 0.1) is 6.10 Å². The van der Waals surface area contributed by atoms with Crippen molar-refractivity contribution in [2.45, 2.75) is 88.9 Å². The van der Waals surface area contributed by atoms with Crippen LogP contribution in [-0.4, -0.2) is 74.3 Å². The maximum atomic E-state index is 14.1. The standard InChI is InChI=1S/C31H42N6O2/c38-25-8-6-24(7-9-25)37-29-28(19-33-31(34-29)32-18-21-3-4-21)26-10-5-22(17-27(26)30(37)39)20-35-15-11-23(12-16-35)36-13-1-2-14-36/h5,10,17,19,21,23-25,38H,1-4,6-9,11-16,18,20H2,(H,32,33,34). The summed E-state index contributed by atoms with van der Waals surface area (Å²) in [6, 6.07) is 7.22. The third-order valence-corrected chi connectivity index (χ3v) is 9.72. The second kappa shape index (κ2) is 10.8. The summed E-state index contributed by atoms with van der Waals surface area (Å²) in [6.07, 6.45) is 12.4. The van der Waals surface area contributed by atoms with Crippen LogP contribution in [0.2, 0.25) is 0 Å². The smallest absolute Gasteiger partial charge is 0.260 e. The molecule has 2 saturated carbocycles. The molecule has 8 nitrogen and oxygen atoms in total. The number of piperidine rings is 1. The lowest BCUT2D eigenvalue weighted by molar-refractivity contribution is 0.111. The number of anilines is 1. The summed E-state index contributed by atoms with van der Waals surface area (Å²) in [7, 11) is 0. The van der Waals surface area contributed by atoms with E-state index in [0.29, 0.717) is 11.9 Å².